The van der Waals surface area contributed by atoms with Gasteiger partial charge in [0.25, 0.3) is 0 Å². The number of hydrogen-bond acceptors (Lipinski definition) is 7. The number of nitrogens with one attached hydrogen (secondary N) is 1. The molecule has 0 aromatic carbocycles. The van der Waals surface area contributed by atoms with Gasteiger partial charge in [0, 0.05) is 18.7 Å². The number of methoxy groups -OCH3 is 1. The van der Waals surface area contributed by atoms with Gasteiger partial charge in [0.15, 0.2) is 0 Å². The number of pyridine rings is 1. The first kappa shape index (κ1) is 16.3. The van der Waals surface area contributed by atoms with Crippen LogP contribution in [0.5, 0.6) is 0 Å². The summed E-state index contributed by atoms with van der Waals surface area (Å²) < 4.78 is 4.52. The van der Waals surface area contributed by atoms with Crippen LogP contribution in [-0.4, -0.2) is 40.6 Å². The minimum absolute atomic E-state index is 0.0729. The first-order valence-electron chi connectivity index (χ1n) is 6.06. The maximum atomic E-state index is 11.6. The van der Waals surface area contributed by atoms with Crippen LogP contribution in [0.1, 0.15) is 28.9 Å². The monoisotopic (exact) mass is 297 g/mol. The van der Waals surface area contributed by atoms with E-state index in [-0.39, 0.29) is 30.8 Å². The lowest BCUT2D eigenvalue weighted by molar-refractivity contribution is -0.384. The molecular formula is C12H15N3O6. The van der Waals surface area contributed by atoms with Crippen LogP contribution in [0.2, 0.25) is 0 Å². The smallest absolute Gasteiger partial charge is 0.345 e. The molecule has 9 nitrogen and oxygen atoms in total. The third-order valence-corrected chi connectivity index (χ3v) is 2.57. The zero-order valence-electron chi connectivity index (χ0n) is 11.6. The fourth-order valence-electron chi connectivity index (χ4n) is 1.69. The van der Waals surface area contributed by atoms with Crippen molar-refractivity contribution in [3.8, 4) is 0 Å². The topological polar surface area (TPSA) is 132 Å². The molecule has 1 aromatic heterocycles. The van der Waals surface area contributed by atoms with Crippen molar-refractivity contribution in [2.45, 2.75) is 19.8 Å². The van der Waals surface area contributed by atoms with E-state index in [2.05, 4.69) is 15.0 Å². The van der Waals surface area contributed by atoms with Gasteiger partial charge in [-0.3, -0.25) is 14.9 Å². The zero-order chi connectivity index (χ0) is 16.0. The minimum atomic E-state index is -0.959. The molecule has 0 unspecified atom stereocenters. The van der Waals surface area contributed by atoms with Crippen molar-refractivity contribution in [3.05, 3.63) is 27.4 Å². The van der Waals surface area contributed by atoms with Crippen molar-refractivity contribution in [1.82, 2.24) is 4.98 Å². The number of carbonyl (C=O) groups is 2. The van der Waals surface area contributed by atoms with Crippen LogP contribution in [0.25, 0.3) is 0 Å². The van der Waals surface area contributed by atoms with E-state index in [0.29, 0.717) is 5.69 Å². The van der Waals surface area contributed by atoms with Crippen molar-refractivity contribution < 1.29 is 24.4 Å². The van der Waals surface area contributed by atoms with Gasteiger partial charge in [-0.1, -0.05) is 0 Å². The van der Waals surface area contributed by atoms with Crippen LogP contribution in [0.3, 0.4) is 0 Å². The number of nitro groups is 1. The van der Waals surface area contributed by atoms with E-state index in [1.807, 2.05) is 0 Å². The molecule has 0 atom stereocenters. The molecule has 0 fully saturated rings. The van der Waals surface area contributed by atoms with Crippen molar-refractivity contribution in [2.24, 2.45) is 0 Å². The molecule has 0 aliphatic heterocycles. The van der Waals surface area contributed by atoms with E-state index >= 15 is 0 Å². The Morgan fingerprint density at radius 3 is 2.71 bits per heavy atom. The molecule has 0 saturated carbocycles. The second kappa shape index (κ2) is 7.17. The van der Waals surface area contributed by atoms with Crippen LogP contribution in [-0.2, 0) is 9.53 Å². The van der Waals surface area contributed by atoms with Crippen LogP contribution >= 0.6 is 0 Å². The summed E-state index contributed by atoms with van der Waals surface area (Å²) in [7, 11) is 1.13. The predicted octanol–water partition coefficient (Wildman–Crippen LogP) is 1.36. The Kier molecular flexibility index (Phi) is 5.58. The molecule has 0 aliphatic carbocycles. The Balaban J connectivity index is 3.06. The molecule has 0 aliphatic rings. The summed E-state index contributed by atoms with van der Waals surface area (Å²) in [6.07, 6.45) is 0.201. The Morgan fingerprint density at radius 2 is 2.19 bits per heavy atom. The van der Waals surface area contributed by atoms with Gasteiger partial charge in [-0.05, 0) is 19.4 Å². The summed E-state index contributed by atoms with van der Waals surface area (Å²) in [4.78, 5) is 36.4. The average molecular weight is 297 g/mol. The van der Waals surface area contributed by atoms with Crippen LogP contribution < -0.4 is 5.32 Å². The Hall–Kier alpha value is -2.71. The number of carboxylic acids is 1. The second-order valence-electron chi connectivity index (χ2n) is 4.18. The van der Waals surface area contributed by atoms with Gasteiger partial charge in [-0.15, -0.1) is 0 Å². The highest BCUT2D eigenvalue weighted by Crippen LogP contribution is 2.28. The van der Waals surface area contributed by atoms with Crippen LogP contribution in [0.4, 0.5) is 11.5 Å². The van der Waals surface area contributed by atoms with Crippen molar-refractivity contribution in [2.75, 3.05) is 19.0 Å². The SMILES string of the molecule is COC(=O)c1cc(C)nc(NCCCC(=O)O)c1[N+](=O)[O-]. The van der Waals surface area contributed by atoms with Crippen LogP contribution in [0.15, 0.2) is 6.07 Å². The molecule has 9 heteroatoms. The highest BCUT2D eigenvalue weighted by atomic mass is 16.6. The first-order valence-corrected chi connectivity index (χ1v) is 6.06. The predicted molar refractivity (Wildman–Crippen MR) is 72.3 cm³/mol. The number of nitrogens with zero attached hydrogens (tertiary/aromatic N) is 2. The van der Waals surface area contributed by atoms with Gasteiger partial charge in [0.05, 0.1) is 12.0 Å². The number of esters is 1. The number of aryl methyl sites for hydroxylation is 1. The third kappa shape index (κ3) is 4.41. The van der Waals surface area contributed by atoms with Gasteiger partial charge < -0.3 is 15.2 Å². The third-order valence-electron chi connectivity index (χ3n) is 2.57. The molecule has 0 amide bonds. The zero-order valence-corrected chi connectivity index (χ0v) is 11.6. The maximum absolute atomic E-state index is 11.6. The van der Waals surface area contributed by atoms with Crippen LogP contribution in [0, 0.1) is 17.0 Å². The summed E-state index contributed by atoms with van der Waals surface area (Å²) >= 11 is 0. The second-order valence-corrected chi connectivity index (χ2v) is 4.18. The lowest BCUT2D eigenvalue weighted by Crippen LogP contribution is -2.13. The van der Waals surface area contributed by atoms with Crippen molar-refractivity contribution >= 4 is 23.4 Å². The number of carbonyl (C=O) groups excluding carboxylic acids is 1. The van der Waals surface area contributed by atoms with Gasteiger partial charge in [-0.25, -0.2) is 9.78 Å². The number of carboxylic acid groups (broad SMARTS) is 1. The van der Waals surface area contributed by atoms with Crippen molar-refractivity contribution in [1.29, 1.82) is 0 Å². The number of anilines is 1. The fraction of sp³-hybridized carbons (Fsp3) is 0.417. The molecule has 1 aromatic rings. The summed E-state index contributed by atoms with van der Waals surface area (Å²) in [5.74, 6) is -1.87. The van der Waals surface area contributed by atoms with E-state index in [0.717, 1.165) is 7.11 Å². The highest BCUT2D eigenvalue weighted by Gasteiger charge is 2.27. The molecular weight excluding hydrogens is 282 g/mol. The van der Waals surface area contributed by atoms with E-state index in [9.17, 15) is 19.7 Å². The standard InChI is InChI=1S/C12H15N3O6/c1-7-6-8(12(18)21-2)10(15(19)20)11(14-7)13-5-3-4-9(16)17/h6H,3-5H2,1-2H3,(H,13,14)(H,16,17). The normalized spacial score (nSPS) is 10.0. The molecule has 2 N–H and O–H groups in total. The molecule has 114 valence electrons. The van der Waals surface area contributed by atoms with Gasteiger partial charge in [0.1, 0.15) is 5.56 Å². The summed E-state index contributed by atoms with van der Waals surface area (Å²) in [5.41, 5.74) is -0.278. The fourth-order valence-corrected chi connectivity index (χ4v) is 1.69. The largest absolute Gasteiger partial charge is 0.481 e. The number of aliphatic carboxylic acids is 1. The molecule has 1 rings (SSSR count). The van der Waals surface area contributed by atoms with E-state index < -0.39 is 22.5 Å². The molecule has 21 heavy (non-hydrogen) atoms. The van der Waals surface area contributed by atoms with Crippen molar-refractivity contribution in [3.63, 3.8) is 0 Å². The number of hydrogen-bond donors (Lipinski definition) is 2. The molecule has 1 heterocycles. The molecule has 0 bridgehead atoms. The lowest BCUT2D eigenvalue weighted by Gasteiger charge is -2.09. The average Bonchev–Trinajstić information content (AvgIpc) is 2.41. The summed E-state index contributed by atoms with van der Waals surface area (Å²) in [6, 6.07) is 1.27. The summed E-state index contributed by atoms with van der Waals surface area (Å²) in [5, 5.41) is 22.4. The number of rotatable bonds is 7. The Labute approximate surface area is 120 Å². The van der Waals surface area contributed by atoms with Gasteiger partial charge >= 0.3 is 17.6 Å². The maximum Gasteiger partial charge on any atom is 0.345 e. The van der Waals surface area contributed by atoms with E-state index in [4.69, 9.17) is 5.11 Å². The van der Waals surface area contributed by atoms with E-state index in [1.165, 1.54) is 6.07 Å². The lowest BCUT2D eigenvalue weighted by atomic mass is 10.2. The molecule has 0 spiro atoms. The first-order chi connectivity index (χ1) is 9.86. The number of ether oxygens (including phenoxy) is 1. The number of aromatic nitrogens is 1. The quantitative estimate of drug-likeness (QED) is 0.333. The molecule has 0 radical (unpaired) electrons. The Morgan fingerprint density at radius 1 is 1.52 bits per heavy atom. The van der Waals surface area contributed by atoms with Gasteiger partial charge in [0.2, 0.25) is 5.82 Å². The minimum Gasteiger partial charge on any atom is -0.481 e. The Bertz CT molecular complexity index is 572. The molecule has 0 saturated heterocycles. The highest BCUT2D eigenvalue weighted by molar-refractivity contribution is 5.96. The van der Waals surface area contributed by atoms with Gasteiger partial charge in [-0.2, -0.15) is 0 Å². The summed E-state index contributed by atoms with van der Waals surface area (Å²) in [6.45, 7) is 1.77. The van der Waals surface area contributed by atoms with E-state index in [1.54, 1.807) is 6.92 Å².